The van der Waals surface area contributed by atoms with Gasteiger partial charge < -0.3 is 10.1 Å². The topological polar surface area (TPSA) is 98.5 Å². The molecule has 0 saturated heterocycles. The van der Waals surface area contributed by atoms with Crippen molar-refractivity contribution < 1.29 is 19.2 Å². The molecule has 0 bridgehead atoms. The van der Waals surface area contributed by atoms with Crippen LogP contribution in [0.2, 0.25) is 5.02 Å². The molecular weight excluding hydrogens is 416 g/mol. The monoisotopic (exact) mass is 436 g/mol. The number of hydrogen-bond acceptors (Lipinski definition) is 6. The van der Waals surface area contributed by atoms with Crippen LogP contribution in [-0.4, -0.2) is 23.4 Å². The van der Waals surface area contributed by atoms with Gasteiger partial charge in [-0.05, 0) is 49.8 Å². The summed E-state index contributed by atoms with van der Waals surface area (Å²) in [5, 5.41) is 14.2. The lowest BCUT2D eigenvalue weighted by Crippen LogP contribution is -2.17. The van der Waals surface area contributed by atoms with Gasteiger partial charge in [-0.15, -0.1) is 11.3 Å². The van der Waals surface area contributed by atoms with E-state index in [2.05, 4.69) is 12.2 Å². The zero-order valence-electron chi connectivity index (χ0n) is 16.1. The lowest BCUT2D eigenvalue weighted by molar-refractivity contribution is -0.384. The number of carbonyl (C=O) groups is 2. The first-order valence-electron chi connectivity index (χ1n) is 9.42. The number of nitrogens with one attached hydrogen (secondary N) is 1. The first kappa shape index (κ1) is 21.3. The van der Waals surface area contributed by atoms with E-state index in [1.807, 2.05) is 0 Å². The molecule has 1 amide bonds. The summed E-state index contributed by atoms with van der Waals surface area (Å²) < 4.78 is 5.21. The lowest BCUT2D eigenvalue weighted by Gasteiger charge is -2.20. The largest absolute Gasteiger partial charge is 0.462 e. The molecule has 1 aliphatic rings. The molecular formula is C20H21ClN2O5S. The number of halogens is 1. The van der Waals surface area contributed by atoms with Crippen LogP contribution in [0, 0.1) is 16.0 Å². The molecule has 1 heterocycles. The molecule has 0 radical (unpaired) electrons. The predicted octanol–water partition coefficient (Wildman–Crippen LogP) is 5.25. The highest BCUT2D eigenvalue weighted by Crippen LogP contribution is 2.41. The number of nitrogens with zero attached hydrogens (tertiary/aromatic N) is 1. The van der Waals surface area contributed by atoms with Crippen LogP contribution in [0.25, 0.3) is 0 Å². The number of fused-ring (bicyclic) bond motifs is 1. The zero-order valence-corrected chi connectivity index (χ0v) is 17.7. The maximum absolute atomic E-state index is 12.7. The van der Waals surface area contributed by atoms with Gasteiger partial charge in [0.2, 0.25) is 0 Å². The van der Waals surface area contributed by atoms with Crippen molar-refractivity contribution >= 4 is 45.5 Å². The molecule has 0 spiro atoms. The third-order valence-corrected chi connectivity index (χ3v) is 6.55. The molecule has 1 aliphatic carbocycles. The van der Waals surface area contributed by atoms with Gasteiger partial charge in [0.05, 0.1) is 17.1 Å². The van der Waals surface area contributed by atoms with Crippen molar-refractivity contribution in [2.45, 2.75) is 39.5 Å². The Morgan fingerprint density at radius 1 is 1.38 bits per heavy atom. The highest BCUT2D eigenvalue weighted by Gasteiger charge is 2.30. The van der Waals surface area contributed by atoms with Crippen LogP contribution in [0.4, 0.5) is 10.7 Å². The molecule has 0 fully saturated rings. The first-order valence-corrected chi connectivity index (χ1v) is 10.6. The summed E-state index contributed by atoms with van der Waals surface area (Å²) >= 11 is 7.20. The van der Waals surface area contributed by atoms with Gasteiger partial charge in [-0.2, -0.15) is 0 Å². The van der Waals surface area contributed by atoms with Gasteiger partial charge in [-0.3, -0.25) is 14.9 Å². The number of esters is 1. The van der Waals surface area contributed by atoms with Crippen molar-refractivity contribution in [3.05, 3.63) is 54.9 Å². The smallest absolute Gasteiger partial charge is 0.341 e. The maximum Gasteiger partial charge on any atom is 0.341 e. The van der Waals surface area contributed by atoms with Crippen molar-refractivity contribution in [3.8, 4) is 0 Å². The van der Waals surface area contributed by atoms with Gasteiger partial charge in [0, 0.05) is 16.5 Å². The molecule has 2 aromatic rings. The maximum atomic E-state index is 12.7. The summed E-state index contributed by atoms with van der Waals surface area (Å²) in [6.07, 6.45) is 3.68. The van der Waals surface area contributed by atoms with E-state index in [1.54, 1.807) is 6.92 Å². The van der Waals surface area contributed by atoms with Crippen LogP contribution in [0.1, 0.15) is 57.8 Å². The van der Waals surface area contributed by atoms with Gasteiger partial charge in [0.1, 0.15) is 10.0 Å². The van der Waals surface area contributed by atoms with Crippen molar-refractivity contribution in [1.82, 2.24) is 0 Å². The van der Waals surface area contributed by atoms with Crippen LogP contribution >= 0.6 is 22.9 Å². The molecule has 0 saturated carbocycles. The number of hydrogen-bond donors (Lipinski definition) is 1. The van der Waals surface area contributed by atoms with Crippen LogP contribution in [0.5, 0.6) is 0 Å². The molecule has 1 unspecified atom stereocenters. The summed E-state index contributed by atoms with van der Waals surface area (Å²) in [7, 11) is 0. The number of thiophene rings is 1. The highest BCUT2D eigenvalue weighted by molar-refractivity contribution is 7.17. The molecule has 3 rings (SSSR count). The third kappa shape index (κ3) is 4.43. The van der Waals surface area contributed by atoms with Crippen molar-refractivity contribution in [1.29, 1.82) is 0 Å². The van der Waals surface area contributed by atoms with E-state index < -0.39 is 16.8 Å². The van der Waals surface area contributed by atoms with Gasteiger partial charge in [0.15, 0.2) is 0 Å². The Bertz CT molecular complexity index is 972. The molecule has 9 heteroatoms. The van der Waals surface area contributed by atoms with Gasteiger partial charge in [-0.1, -0.05) is 24.9 Å². The fourth-order valence-corrected chi connectivity index (χ4v) is 5.01. The second-order valence-electron chi connectivity index (χ2n) is 6.82. The number of carbonyl (C=O) groups excluding carboxylic acids is 2. The number of nitro groups is 1. The Kier molecular flexibility index (Phi) is 6.54. The summed E-state index contributed by atoms with van der Waals surface area (Å²) in [6.45, 7) is 4.11. The standard InChI is InChI=1S/C20H21ClN2O5S/c1-3-11-5-7-13-16(9-11)29-19(17(13)20(25)28-4-2)22-18(24)12-6-8-14(21)15(10-12)23(26)27/h6,8,10-11H,3-5,7,9H2,1-2H3,(H,22,24). The molecule has 154 valence electrons. The van der Waals surface area contributed by atoms with Crippen LogP contribution < -0.4 is 5.32 Å². The predicted molar refractivity (Wildman–Crippen MR) is 112 cm³/mol. The molecule has 1 aromatic heterocycles. The minimum atomic E-state index is -0.641. The van der Waals surface area contributed by atoms with Crippen molar-refractivity contribution in [2.75, 3.05) is 11.9 Å². The molecule has 0 aliphatic heterocycles. The Balaban J connectivity index is 1.95. The first-order chi connectivity index (χ1) is 13.8. The third-order valence-electron chi connectivity index (χ3n) is 5.06. The van der Waals surface area contributed by atoms with Crippen LogP contribution in [-0.2, 0) is 17.6 Å². The highest BCUT2D eigenvalue weighted by atomic mass is 35.5. The number of anilines is 1. The van der Waals surface area contributed by atoms with Crippen LogP contribution in [0.3, 0.4) is 0 Å². The van der Waals surface area contributed by atoms with E-state index in [0.717, 1.165) is 42.2 Å². The van der Waals surface area contributed by atoms with E-state index in [1.165, 1.54) is 23.5 Å². The van der Waals surface area contributed by atoms with E-state index in [9.17, 15) is 19.7 Å². The Labute approximate surface area is 177 Å². The van der Waals surface area contributed by atoms with Crippen molar-refractivity contribution in [2.24, 2.45) is 5.92 Å². The second kappa shape index (κ2) is 8.92. The average Bonchev–Trinajstić information content (AvgIpc) is 3.04. The SMILES string of the molecule is CCOC(=O)c1c(NC(=O)c2ccc(Cl)c([N+](=O)[O-])c2)sc2c1CCC(CC)C2. The number of benzene rings is 1. The van der Waals surface area contributed by atoms with Crippen LogP contribution in [0.15, 0.2) is 18.2 Å². The summed E-state index contributed by atoms with van der Waals surface area (Å²) in [5.74, 6) is -0.447. The van der Waals surface area contributed by atoms with E-state index in [0.29, 0.717) is 16.5 Å². The fourth-order valence-electron chi connectivity index (χ4n) is 3.48. The van der Waals surface area contributed by atoms with E-state index >= 15 is 0 Å². The Morgan fingerprint density at radius 3 is 2.79 bits per heavy atom. The van der Waals surface area contributed by atoms with Crippen molar-refractivity contribution in [3.63, 3.8) is 0 Å². The summed E-state index contributed by atoms with van der Waals surface area (Å²) in [6, 6.07) is 3.85. The second-order valence-corrected chi connectivity index (χ2v) is 8.34. The Morgan fingerprint density at radius 2 is 2.14 bits per heavy atom. The van der Waals surface area contributed by atoms with E-state index in [4.69, 9.17) is 16.3 Å². The molecule has 1 atom stereocenters. The quantitative estimate of drug-likeness (QED) is 0.378. The molecule has 29 heavy (non-hydrogen) atoms. The molecule has 1 aromatic carbocycles. The van der Waals surface area contributed by atoms with Gasteiger partial charge >= 0.3 is 5.97 Å². The Hall–Kier alpha value is -2.45. The number of amides is 1. The number of rotatable bonds is 6. The average molecular weight is 437 g/mol. The number of ether oxygens (including phenoxy) is 1. The fraction of sp³-hybridized carbons (Fsp3) is 0.400. The summed E-state index contributed by atoms with van der Waals surface area (Å²) in [4.78, 5) is 36.9. The molecule has 7 nitrogen and oxygen atoms in total. The van der Waals surface area contributed by atoms with Gasteiger partial charge in [-0.25, -0.2) is 4.79 Å². The number of nitro benzene ring substituents is 1. The minimum Gasteiger partial charge on any atom is -0.462 e. The zero-order chi connectivity index (χ0) is 21.1. The summed E-state index contributed by atoms with van der Waals surface area (Å²) in [5.41, 5.74) is 1.09. The minimum absolute atomic E-state index is 0.0454. The molecule has 1 N–H and O–H groups in total. The van der Waals surface area contributed by atoms with Gasteiger partial charge in [0.25, 0.3) is 11.6 Å². The van der Waals surface area contributed by atoms with E-state index in [-0.39, 0.29) is 22.9 Å². The normalized spacial score (nSPS) is 15.5. The lowest BCUT2D eigenvalue weighted by atomic mass is 9.85.